The Balaban J connectivity index is 1.81. The van der Waals surface area contributed by atoms with E-state index >= 15 is 0 Å². The molecule has 0 atom stereocenters. The molecule has 0 unspecified atom stereocenters. The third kappa shape index (κ3) is 3.27. The van der Waals surface area contributed by atoms with Crippen molar-refractivity contribution in [2.45, 2.75) is 19.8 Å². The van der Waals surface area contributed by atoms with Gasteiger partial charge in [0.2, 0.25) is 0 Å². The Morgan fingerprint density at radius 2 is 1.68 bits per heavy atom. The van der Waals surface area contributed by atoms with E-state index in [0.29, 0.717) is 0 Å². The fourth-order valence-corrected chi connectivity index (χ4v) is 3.53. The number of hydrogen-bond donors (Lipinski definition) is 1. The van der Waals surface area contributed by atoms with Gasteiger partial charge in [-0.15, -0.1) is 0 Å². The fourth-order valence-electron chi connectivity index (χ4n) is 3.40. The first kappa shape index (κ1) is 16.2. The minimum Gasteiger partial charge on any atom is -0.355 e. The average molecular weight is 353 g/mol. The largest absolute Gasteiger partial charge is 0.355 e. The molecule has 0 radical (unpaired) electrons. The lowest BCUT2D eigenvalue weighted by Gasteiger charge is -2.31. The van der Waals surface area contributed by atoms with Crippen molar-refractivity contribution in [1.29, 1.82) is 0 Å². The molecule has 1 N–H and O–H groups in total. The molecule has 1 aliphatic heterocycles. The highest BCUT2D eigenvalue weighted by Gasteiger charge is 2.24. The summed E-state index contributed by atoms with van der Waals surface area (Å²) in [6.07, 6.45) is 6.07. The molecular weight excluding hydrogens is 332 g/mol. The Labute approximate surface area is 152 Å². The molecule has 0 amide bonds. The Kier molecular flexibility index (Phi) is 4.45. The van der Waals surface area contributed by atoms with Crippen LogP contribution in [0.25, 0.3) is 22.4 Å². The molecule has 128 valence electrons. The number of benzene rings is 1. The number of aromatic nitrogens is 3. The lowest BCUT2D eigenvalue weighted by molar-refractivity contribution is 0.436. The monoisotopic (exact) mass is 352 g/mol. The molecule has 1 aliphatic rings. The molecule has 0 bridgehead atoms. The van der Waals surface area contributed by atoms with Crippen molar-refractivity contribution in [3.05, 3.63) is 53.8 Å². The van der Waals surface area contributed by atoms with Gasteiger partial charge in [0.1, 0.15) is 0 Å². The lowest BCUT2D eigenvalue weighted by atomic mass is 9.97. The smallest absolute Gasteiger partial charge is 0.158 e. The summed E-state index contributed by atoms with van der Waals surface area (Å²) >= 11 is 6.05. The topological polar surface area (TPSA) is 44.8 Å². The maximum atomic E-state index is 6.05. The molecule has 1 fully saturated rings. The molecule has 0 aliphatic carbocycles. The summed E-state index contributed by atoms with van der Waals surface area (Å²) in [5.74, 6) is 1.82. The lowest BCUT2D eigenvalue weighted by Crippen LogP contribution is -2.33. The van der Waals surface area contributed by atoms with E-state index in [2.05, 4.69) is 27.0 Å². The first-order valence-electron chi connectivity index (χ1n) is 8.72. The summed E-state index contributed by atoms with van der Waals surface area (Å²) < 4.78 is 0. The SMILES string of the molecule is CC1CCN(c2n[nH]c(-c3ccc(Cl)cc3)c2-c2ccncc2)CC1. The number of anilines is 1. The minimum atomic E-state index is 0.735. The van der Waals surface area contributed by atoms with E-state index in [-0.39, 0.29) is 0 Å². The number of nitrogens with zero attached hydrogens (tertiary/aromatic N) is 3. The predicted molar refractivity (Wildman–Crippen MR) is 103 cm³/mol. The second kappa shape index (κ2) is 6.89. The molecule has 4 nitrogen and oxygen atoms in total. The number of rotatable bonds is 3. The van der Waals surface area contributed by atoms with E-state index in [1.807, 2.05) is 48.8 Å². The summed E-state index contributed by atoms with van der Waals surface area (Å²) in [6.45, 7) is 4.42. The van der Waals surface area contributed by atoms with Gasteiger partial charge < -0.3 is 4.90 Å². The number of pyridine rings is 1. The van der Waals surface area contributed by atoms with Gasteiger partial charge in [0.05, 0.1) is 11.3 Å². The summed E-state index contributed by atoms with van der Waals surface area (Å²) in [5, 5.41) is 8.68. The number of H-pyrrole nitrogens is 1. The standard InChI is InChI=1S/C20H21ClN4/c1-14-8-12-25(13-9-14)20-18(15-6-10-22-11-7-15)19(23-24-20)16-2-4-17(21)5-3-16/h2-7,10-11,14H,8-9,12-13H2,1H3,(H,23,24). The van der Waals surface area contributed by atoms with Gasteiger partial charge in [-0.25, -0.2) is 0 Å². The Morgan fingerprint density at radius 3 is 2.36 bits per heavy atom. The highest BCUT2D eigenvalue weighted by molar-refractivity contribution is 6.30. The number of piperidine rings is 1. The van der Waals surface area contributed by atoms with Crippen molar-refractivity contribution in [3.8, 4) is 22.4 Å². The van der Waals surface area contributed by atoms with Crippen LogP contribution in [0.4, 0.5) is 5.82 Å². The van der Waals surface area contributed by atoms with Gasteiger partial charge in [-0.05, 0) is 48.6 Å². The first-order chi connectivity index (χ1) is 12.2. The molecule has 5 heteroatoms. The van der Waals surface area contributed by atoms with Gasteiger partial charge in [0.15, 0.2) is 5.82 Å². The van der Waals surface area contributed by atoms with Gasteiger partial charge in [0.25, 0.3) is 0 Å². The average Bonchev–Trinajstić information content (AvgIpc) is 3.09. The second-order valence-corrected chi connectivity index (χ2v) is 7.15. The van der Waals surface area contributed by atoms with E-state index in [1.54, 1.807) is 0 Å². The summed E-state index contributed by atoms with van der Waals surface area (Å²) in [4.78, 5) is 6.55. The number of halogens is 1. The zero-order valence-corrected chi connectivity index (χ0v) is 15.0. The number of hydrogen-bond acceptors (Lipinski definition) is 3. The maximum Gasteiger partial charge on any atom is 0.158 e. The van der Waals surface area contributed by atoms with Gasteiger partial charge in [0, 0.05) is 36.1 Å². The van der Waals surface area contributed by atoms with Crippen molar-refractivity contribution in [3.63, 3.8) is 0 Å². The van der Waals surface area contributed by atoms with Crippen LogP contribution in [-0.2, 0) is 0 Å². The van der Waals surface area contributed by atoms with Crippen molar-refractivity contribution in [1.82, 2.24) is 15.2 Å². The van der Waals surface area contributed by atoms with Crippen LogP contribution in [0.15, 0.2) is 48.8 Å². The molecule has 1 saturated heterocycles. The molecule has 4 rings (SSSR count). The molecular formula is C20H21ClN4. The zero-order chi connectivity index (χ0) is 17.2. The minimum absolute atomic E-state index is 0.735. The molecule has 0 spiro atoms. The number of aromatic amines is 1. The fraction of sp³-hybridized carbons (Fsp3) is 0.300. The number of nitrogens with one attached hydrogen (secondary N) is 1. The zero-order valence-electron chi connectivity index (χ0n) is 14.2. The van der Waals surface area contributed by atoms with Crippen LogP contribution in [0.3, 0.4) is 0 Å². The third-order valence-corrected chi connectivity index (χ3v) is 5.18. The summed E-state index contributed by atoms with van der Waals surface area (Å²) in [6, 6.07) is 12.0. The van der Waals surface area contributed by atoms with Crippen LogP contribution in [0, 0.1) is 5.92 Å². The van der Waals surface area contributed by atoms with Crippen LogP contribution in [0.1, 0.15) is 19.8 Å². The van der Waals surface area contributed by atoms with Crippen molar-refractivity contribution >= 4 is 17.4 Å². The maximum absolute atomic E-state index is 6.05. The highest BCUT2D eigenvalue weighted by Crippen LogP contribution is 2.39. The molecule has 0 saturated carbocycles. The van der Waals surface area contributed by atoms with Gasteiger partial charge in [-0.2, -0.15) is 5.10 Å². The van der Waals surface area contributed by atoms with Gasteiger partial charge in [-0.1, -0.05) is 30.7 Å². The van der Waals surface area contributed by atoms with Crippen LogP contribution < -0.4 is 4.90 Å². The van der Waals surface area contributed by atoms with Gasteiger partial charge >= 0.3 is 0 Å². The van der Waals surface area contributed by atoms with Gasteiger partial charge in [-0.3, -0.25) is 10.1 Å². The Morgan fingerprint density at radius 1 is 1.00 bits per heavy atom. The summed E-state index contributed by atoms with van der Waals surface area (Å²) in [7, 11) is 0. The quantitative estimate of drug-likeness (QED) is 0.719. The normalized spacial score (nSPS) is 15.5. The molecule has 3 heterocycles. The van der Waals surface area contributed by atoms with E-state index in [1.165, 1.54) is 12.8 Å². The van der Waals surface area contributed by atoms with Crippen molar-refractivity contribution in [2.75, 3.05) is 18.0 Å². The van der Waals surface area contributed by atoms with Crippen LogP contribution in [-0.4, -0.2) is 28.3 Å². The van der Waals surface area contributed by atoms with Crippen LogP contribution in [0.5, 0.6) is 0 Å². The highest BCUT2D eigenvalue weighted by atomic mass is 35.5. The van der Waals surface area contributed by atoms with E-state index in [4.69, 9.17) is 11.6 Å². The predicted octanol–water partition coefficient (Wildman–Crippen LogP) is 5.03. The Hall–Kier alpha value is -2.33. The van der Waals surface area contributed by atoms with E-state index < -0.39 is 0 Å². The third-order valence-electron chi connectivity index (χ3n) is 4.93. The molecule has 1 aromatic carbocycles. The van der Waals surface area contributed by atoms with Crippen molar-refractivity contribution in [2.24, 2.45) is 5.92 Å². The Bertz CT molecular complexity index is 834. The van der Waals surface area contributed by atoms with Crippen molar-refractivity contribution < 1.29 is 0 Å². The second-order valence-electron chi connectivity index (χ2n) is 6.71. The molecule has 25 heavy (non-hydrogen) atoms. The van der Waals surface area contributed by atoms with E-state index in [0.717, 1.165) is 52.2 Å². The molecule has 3 aromatic rings. The van der Waals surface area contributed by atoms with Crippen LogP contribution in [0.2, 0.25) is 5.02 Å². The summed E-state index contributed by atoms with van der Waals surface area (Å²) in [5.41, 5.74) is 4.37. The first-order valence-corrected chi connectivity index (χ1v) is 9.10. The van der Waals surface area contributed by atoms with E-state index in [9.17, 15) is 0 Å². The van der Waals surface area contributed by atoms with Crippen LogP contribution >= 0.6 is 11.6 Å². The molecule has 2 aromatic heterocycles.